The molecule has 0 radical (unpaired) electrons. The first-order valence-corrected chi connectivity index (χ1v) is 11.8. The molecule has 6 nitrogen and oxygen atoms in total. The van der Waals surface area contributed by atoms with Crippen LogP contribution in [0.2, 0.25) is 5.02 Å². The number of fused-ring (bicyclic) bond motifs is 1. The van der Waals surface area contributed by atoms with Crippen LogP contribution in [0.1, 0.15) is 52.0 Å². The number of hydrogen-bond donors (Lipinski definition) is 2. The molecule has 33 heavy (non-hydrogen) atoms. The molecule has 0 atom stereocenters. The summed E-state index contributed by atoms with van der Waals surface area (Å²) in [5, 5.41) is 3.92. The number of amides is 1. The van der Waals surface area contributed by atoms with Crippen molar-refractivity contribution in [2.45, 2.75) is 64.6 Å². The van der Waals surface area contributed by atoms with Crippen molar-refractivity contribution in [1.29, 1.82) is 0 Å². The van der Waals surface area contributed by atoms with Gasteiger partial charge in [0, 0.05) is 22.2 Å². The molecule has 1 aromatic heterocycles. The highest BCUT2D eigenvalue weighted by atomic mass is 35.5. The predicted molar refractivity (Wildman–Crippen MR) is 133 cm³/mol. The molecule has 1 saturated carbocycles. The summed E-state index contributed by atoms with van der Waals surface area (Å²) in [4.78, 5) is 31.0. The fraction of sp³-hybridized carbons (Fsp3) is 0.423. The Bertz CT molecular complexity index is 1250. The molecular weight excluding hydrogens is 436 g/mol. The van der Waals surface area contributed by atoms with Gasteiger partial charge in [-0.25, -0.2) is 4.98 Å². The zero-order valence-electron chi connectivity index (χ0n) is 19.6. The van der Waals surface area contributed by atoms with Crippen molar-refractivity contribution in [3.05, 3.63) is 63.4 Å². The van der Waals surface area contributed by atoms with Crippen molar-refractivity contribution in [3.8, 4) is 11.4 Å². The molecule has 4 rings (SSSR count). The second-order valence-corrected chi connectivity index (χ2v) is 10.5. The first kappa shape index (κ1) is 23.5. The van der Waals surface area contributed by atoms with Gasteiger partial charge in [-0.1, -0.05) is 29.8 Å². The third-order valence-electron chi connectivity index (χ3n) is 6.47. The highest BCUT2D eigenvalue weighted by Gasteiger charge is 2.38. The number of carbonyl (C=O) groups is 1. The van der Waals surface area contributed by atoms with Crippen molar-refractivity contribution in [2.75, 3.05) is 0 Å². The van der Waals surface area contributed by atoms with E-state index in [4.69, 9.17) is 22.3 Å². The van der Waals surface area contributed by atoms with Crippen LogP contribution in [0.25, 0.3) is 22.3 Å². The van der Waals surface area contributed by atoms with Gasteiger partial charge < -0.3 is 11.1 Å². The van der Waals surface area contributed by atoms with Gasteiger partial charge in [-0.05, 0) is 82.2 Å². The van der Waals surface area contributed by atoms with Gasteiger partial charge in [0.2, 0.25) is 5.91 Å². The molecular formula is C26H31ClN4O2. The lowest BCUT2D eigenvalue weighted by molar-refractivity contribution is -0.122. The molecule has 1 amide bonds. The molecule has 1 aliphatic rings. The normalized spacial score (nSPS) is 18.4. The molecule has 174 valence electrons. The van der Waals surface area contributed by atoms with Crippen LogP contribution in [-0.4, -0.2) is 27.0 Å². The minimum Gasteiger partial charge on any atom is -0.352 e. The summed E-state index contributed by atoms with van der Waals surface area (Å²) in [6.45, 7) is 7.79. The SMILES string of the molecule is CC(C)NC(=O)Cn1c(-c2cccc(Cl)c2)nc2ccc(C3CC(C(C)(C)N)C3)cc2c1=O. The van der Waals surface area contributed by atoms with E-state index in [9.17, 15) is 9.59 Å². The predicted octanol–water partition coefficient (Wildman–Crippen LogP) is 4.47. The van der Waals surface area contributed by atoms with Crippen molar-refractivity contribution < 1.29 is 4.79 Å². The van der Waals surface area contributed by atoms with E-state index >= 15 is 0 Å². The molecule has 3 aromatic rings. The minimum absolute atomic E-state index is 0.0267. The summed E-state index contributed by atoms with van der Waals surface area (Å²) in [5.41, 5.74) is 8.26. The van der Waals surface area contributed by atoms with Crippen molar-refractivity contribution in [3.63, 3.8) is 0 Å². The number of aromatic nitrogens is 2. The van der Waals surface area contributed by atoms with Crippen LogP contribution in [-0.2, 0) is 11.3 Å². The molecule has 0 spiro atoms. The maximum Gasteiger partial charge on any atom is 0.262 e. The van der Waals surface area contributed by atoms with Gasteiger partial charge in [-0.15, -0.1) is 0 Å². The number of nitrogens with zero attached hydrogens (tertiary/aromatic N) is 2. The van der Waals surface area contributed by atoms with E-state index in [-0.39, 0.29) is 29.6 Å². The van der Waals surface area contributed by atoms with Crippen LogP contribution >= 0.6 is 11.6 Å². The van der Waals surface area contributed by atoms with Crippen molar-refractivity contribution in [1.82, 2.24) is 14.9 Å². The summed E-state index contributed by atoms with van der Waals surface area (Å²) in [5.74, 6) is 1.04. The summed E-state index contributed by atoms with van der Waals surface area (Å²) in [7, 11) is 0. The van der Waals surface area contributed by atoms with E-state index in [1.807, 2.05) is 38.1 Å². The second kappa shape index (κ2) is 8.92. The average Bonchev–Trinajstić information content (AvgIpc) is 2.67. The van der Waals surface area contributed by atoms with Gasteiger partial charge in [0.15, 0.2) is 0 Å². The number of carbonyl (C=O) groups excluding carboxylic acids is 1. The number of benzene rings is 2. The Balaban J connectivity index is 1.78. The highest BCUT2D eigenvalue weighted by molar-refractivity contribution is 6.30. The van der Waals surface area contributed by atoms with Gasteiger partial charge >= 0.3 is 0 Å². The lowest BCUT2D eigenvalue weighted by Crippen LogP contribution is -2.46. The van der Waals surface area contributed by atoms with Gasteiger partial charge in [-0.3, -0.25) is 14.2 Å². The zero-order chi connectivity index (χ0) is 23.9. The molecule has 0 saturated heterocycles. The van der Waals surface area contributed by atoms with Gasteiger partial charge in [0.1, 0.15) is 12.4 Å². The lowest BCUT2D eigenvalue weighted by Gasteiger charge is -2.43. The molecule has 1 fully saturated rings. The van der Waals surface area contributed by atoms with Crippen LogP contribution in [0, 0.1) is 5.92 Å². The number of nitrogens with two attached hydrogens (primary N) is 1. The Morgan fingerprint density at radius 3 is 2.61 bits per heavy atom. The van der Waals surface area contributed by atoms with Crippen LogP contribution in [0.3, 0.4) is 0 Å². The largest absolute Gasteiger partial charge is 0.352 e. The molecule has 0 bridgehead atoms. The van der Waals surface area contributed by atoms with Gasteiger partial charge in [0.25, 0.3) is 5.56 Å². The topological polar surface area (TPSA) is 90.0 Å². The van der Waals surface area contributed by atoms with Gasteiger partial charge in [-0.2, -0.15) is 0 Å². The summed E-state index contributed by atoms with van der Waals surface area (Å²) < 4.78 is 1.45. The molecule has 0 unspecified atom stereocenters. The molecule has 2 aromatic carbocycles. The van der Waals surface area contributed by atoms with E-state index in [0.717, 1.165) is 18.4 Å². The maximum absolute atomic E-state index is 13.6. The first-order valence-electron chi connectivity index (χ1n) is 11.4. The van der Waals surface area contributed by atoms with E-state index in [2.05, 4.69) is 25.2 Å². The second-order valence-electron chi connectivity index (χ2n) is 10.0. The summed E-state index contributed by atoms with van der Waals surface area (Å²) in [6.07, 6.45) is 2.02. The Morgan fingerprint density at radius 2 is 1.97 bits per heavy atom. The highest BCUT2D eigenvalue weighted by Crippen LogP contribution is 2.46. The monoisotopic (exact) mass is 466 g/mol. The fourth-order valence-electron chi connectivity index (χ4n) is 4.50. The maximum atomic E-state index is 13.6. The number of halogens is 1. The van der Waals surface area contributed by atoms with Crippen LogP contribution in [0.15, 0.2) is 47.3 Å². The number of nitrogens with one attached hydrogen (secondary N) is 1. The minimum atomic E-state index is -0.236. The van der Waals surface area contributed by atoms with E-state index in [0.29, 0.717) is 39.1 Å². The van der Waals surface area contributed by atoms with E-state index < -0.39 is 0 Å². The third-order valence-corrected chi connectivity index (χ3v) is 6.71. The number of rotatable bonds is 6. The van der Waals surface area contributed by atoms with Crippen molar-refractivity contribution >= 4 is 28.4 Å². The molecule has 1 aliphatic carbocycles. The van der Waals surface area contributed by atoms with E-state index in [1.54, 1.807) is 12.1 Å². The molecule has 3 N–H and O–H groups in total. The lowest BCUT2D eigenvalue weighted by atomic mass is 9.64. The molecule has 1 heterocycles. The summed E-state index contributed by atoms with van der Waals surface area (Å²) in [6, 6.07) is 13.0. The molecule has 7 heteroatoms. The number of hydrogen-bond acceptors (Lipinski definition) is 4. The van der Waals surface area contributed by atoms with E-state index in [1.165, 1.54) is 4.57 Å². The average molecular weight is 467 g/mol. The standard InChI is InChI=1S/C26H31ClN4O2/c1-15(2)29-23(32)14-31-24(17-6-5-7-20(27)12-17)30-22-9-8-16(13-21(22)25(31)33)18-10-19(11-18)26(3,4)28/h5-9,12-13,15,18-19H,10-11,14,28H2,1-4H3,(H,29,32). The van der Waals surface area contributed by atoms with Gasteiger partial charge in [0.05, 0.1) is 10.9 Å². The fourth-order valence-corrected chi connectivity index (χ4v) is 4.69. The molecule has 0 aliphatic heterocycles. The summed E-state index contributed by atoms with van der Waals surface area (Å²) >= 11 is 6.20. The zero-order valence-corrected chi connectivity index (χ0v) is 20.3. The van der Waals surface area contributed by atoms with Crippen LogP contribution < -0.4 is 16.6 Å². The smallest absolute Gasteiger partial charge is 0.262 e. The Labute approximate surface area is 199 Å². The quantitative estimate of drug-likeness (QED) is 0.560. The van der Waals surface area contributed by atoms with Crippen molar-refractivity contribution in [2.24, 2.45) is 11.7 Å². The first-order chi connectivity index (χ1) is 15.5. The van der Waals surface area contributed by atoms with Crippen LogP contribution in [0.4, 0.5) is 0 Å². The Kier molecular flexibility index (Phi) is 6.34. The third kappa shape index (κ3) is 4.97. The Morgan fingerprint density at radius 1 is 1.24 bits per heavy atom. The Hall–Kier alpha value is -2.70. The van der Waals surface area contributed by atoms with Crippen LogP contribution in [0.5, 0.6) is 0 Å².